The Morgan fingerprint density at radius 3 is 2.89 bits per heavy atom. The van der Waals surface area contributed by atoms with Gasteiger partial charge in [0.05, 0.1) is 11.4 Å². The van der Waals surface area contributed by atoms with Gasteiger partial charge in [0.1, 0.15) is 0 Å². The maximum Gasteiger partial charge on any atom is 0.234 e. The Labute approximate surface area is 121 Å². The summed E-state index contributed by atoms with van der Waals surface area (Å²) in [6.45, 7) is 2.18. The molecule has 0 aliphatic rings. The van der Waals surface area contributed by atoms with Gasteiger partial charge in [0.2, 0.25) is 5.91 Å². The fourth-order valence-corrected chi connectivity index (χ4v) is 2.74. The van der Waals surface area contributed by atoms with Crippen molar-refractivity contribution in [3.63, 3.8) is 0 Å². The molecule has 0 aliphatic heterocycles. The molecule has 3 N–H and O–H groups in total. The number of halogens is 1. The van der Waals surface area contributed by atoms with Crippen molar-refractivity contribution < 1.29 is 4.79 Å². The predicted molar refractivity (Wildman–Crippen MR) is 84.0 cm³/mol. The van der Waals surface area contributed by atoms with Crippen molar-refractivity contribution in [3.05, 3.63) is 22.7 Å². The normalized spacial score (nSPS) is 10.3. The Bertz CT molecular complexity index is 399. The van der Waals surface area contributed by atoms with Crippen LogP contribution in [-0.4, -0.2) is 17.4 Å². The van der Waals surface area contributed by atoms with Gasteiger partial charge in [-0.2, -0.15) is 11.8 Å². The number of amides is 1. The second-order valence-electron chi connectivity index (χ2n) is 4.05. The van der Waals surface area contributed by atoms with Gasteiger partial charge in [0.15, 0.2) is 0 Å². The van der Waals surface area contributed by atoms with Crippen molar-refractivity contribution in [1.29, 1.82) is 0 Å². The lowest BCUT2D eigenvalue weighted by Gasteiger charge is -2.07. The van der Waals surface area contributed by atoms with Crippen LogP contribution in [0, 0.1) is 0 Å². The lowest BCUT2D eigenvalue weighted by atomic mass is 10.3. The Morgan fingerprint density at radius 2 is 2.22 bits per heavy atom. The molecule has 0 saturated heterocycles. The average Bonchev–Trinajstić information content (AvgIpc) is 2.32. The van der Waals surface area contributed by atoms with Gasteiger partial charge >= 0.3 is 0 Å². The van der Waals surface area contributed by atoms with E-state index in [1.165, 1.54) is 19.3 Å². The minimum Gasteiger partial charge on any atom is -0.399 e. The molecule has 0 spiro atoms. The zero-order valence-corrected chi connectivity index (χ0v) is 12.9. The molecule has 0 aromatic heterocycles. The van der Waals surface area contributed by atoms with Crippen LogP contribution < -0.4 is 11.1 Å². The number of anilines is 2. The number of hydrogen-bond donors (Lipinski definition) is 2. The number of rotatable bonds is 7. The van der Waals surface area contributed by atoms with Crippen molar-refractivity contribution in [1.82, 2.24) is 0 Å². The summed E-state index contributed by atoms with van der Waals surface area (Å²) in [7, 11) is 0. The molecule has 0 bridgehead atoms. The lowest BCUT2D eigenvalue weighted by molar-refractivity contribution is -0.113. The molecule has 0 saturated carbocycles. The molecule has 100 valence electrons. The second-order valence-corrected chi connectivity index (χ2v) is 6.01. The van der Waals surface area contributed by atoms with E-state index in [-0.39, 0.29) is 5.91 Å². The van der Waals surface area contributed by atoms with Gasteiger partial charge in [0.25, 0.3) is 0 Å². The monoisotopic (exact) mass is 330 g/mol. The largest absolute Gasteiger partial charge is 0.399 e. The molecule has 18 heavy (non-hydrogen) atoms. The second kappa shape index (κ2) is 8.43. The van der Waals surface area contributed by atoms with Gasteiger partial charge in [-0.1, -0.05) is 19.8 Å². The molecule has 0 atom stereocenters. The molecular weight excluding hydrogens is 312 g/mol. The molecular formula is C13H19BrN2OS. The highest BCUT2D eigenvalue weighted by atomic mass is 79.9. The molecule has 0 aliphatic carbocycles. The Balaban J connectivity index is 2.31. The topological polar surface area (TPSA) is 55.1 Å². The first-order valence-electron chi connectivity index (χ1n) is 6.06. The van der Waals surface area contributed by atoms with E-state index in [1.54, 1.807) is 30.0 Å². The van der Waals surface area contributed by atoms with E-state index in [1.807, 2.05) is 0 Å². The summed E-state index contributed by atoms with van der Waals surface area (Å²) in [6.07, 6.45) is 3.63. The van der Waals surface area contributed by atoms with E-state index in [2.05, 4.69) is 28.2 Å². The van der Waals surface area contributed by atoms with Crippen LogP contribution in [0.3, 0.4) is 0 Å². The molecule has 1 aromatic carbocycles. The number of carbonyl (C=O) groups excluding carboxylic acids is 1. The number of nitrogen functional groups attached to an aromatic ring is 1. The third kappa shape index (κ3) is 5.78. The van der Waals surface area contributed by atoms with Crippen LogP contribution in [0.4, 0.5) is 11.4 Å². The molecule has 0 heterocycles. The summed E-state index contributed by atoms with van der Waals surface area (Å²) in [5.41, 5.74) is 7.08. The minimum atomic E-state index is 0.0296. The zero-order valence-electron chi connectivity index (χ0n) is 10.5. The first kappa shape index (κ1) is 15.4. The quantitative estimate of drug-likeness (QED) is 0.589. The molecule has 5 heteroatoms. The Hall–Kier alpha value is -0.680. The molecule has 1 aromatic rings. The van der Waals surface area contributed by atoms with E-state index in [0.29, 0.717) is 11.4 Å². The van der Waals surface area contributed by atoms with Gasteiger partial charge in [-0.05, 0) is 46.3 Å². The van der Waals surface area contributed by atoms with Gasteiger partial charge in [-0.15, -0.1) is 0 Å². The highest BCUT2D eigenvalue weighted by Gasteiger charge is 2.05. The highest BCUT2D eigenvalue weighted by Crippen LogP contribution is 2.24. The lowest BCUT2D eigenvalue weighted by Crippen LogP contribution is -2.14. The molecule has 3 nitrogen and oxygen atoms in total. The minimum absolute atomic E-state index is 0.0296. The standard InChI is InChI=1S/C13H19BrN2OS/c1-2-3-4-7-18-9-13(17)16-12-6-5-10(15)8-11(12)14/h5-6,8H,2-4,7,9,15H2,1H3,(H,16,17). The molecule has 0 unspecified atom stereocenters. The number of nitrogens with two attached hydrogens (primary N) is 1. The van der Waals surface area contributed by atoms with Gasteiger partial charge in [0, 0.05) is 10.2 Å². The molecule has 1 rings (SSSR count). The third-order valence-electron chi connectivity index (χ3n) is 2.39. The summed E-state index contributed by atoms with van der Waals surface area (Å²) in [6, 6.07) is 5.36. The molecule has 0 fully saturated rings. The molecule has 1 amide bonds. The van der Waals surface area contributed by atoms with Crippen molar-refractivity contribution in [2.45, 2.75) is 26.2 Å². The Kier molecular flexibility index (Phi) is 7.20. The summed E-state index contributed by atoms with van der Waals surface area (Å²) in [5, 5.41) is 2.87. The van der Waals surface area contributed by atoms with E-state index in [9.17, 15) is 4.79 Å². The summed E-state index contributed by atoms with van der Waals surface area (Å²) in [5.74, 6) is 1.58. The van der Waals surface area contributed by atoms with Crippen molar-refractivity contribution in [2.24, 2.45) is 0 Å². The number of unbranched alkanes of at least 4 members (excludes halogenated alkanes) is 2. The van der Waals surface area contributed by atoms with E-state index in [0.717, 1.165) is 15.9 Å². The van der Waals surface area contributed by atoms with Crippen LogP contribution in [0.5, 0.6) is 0 Å². The first-order valence-corrected chi connectivity index (χ1v) is 8.01. The van der Waals surface area contributed by atoms with E-state index in [4.69, 9.17) is 5.73 Å². The fourth-order valence-electron chi connectivity index (χ4n) is 1.44. The number of benzene rings is 1. The SMILES string of the molecule is CCCCCSCC(=O)Nc1ccc(N)cc1Br. The van der Waals surface area contributed by atoms with Gasteiger partial charge < -0.3 is 11.1 Å². The number of carbonyl (C=O) groups is 1. The maximum atomic E-state index is 11.7. The number of nitrogens with one attached hydrogen (secondary N) is 1. The molecule has 0 radical (unpaired) electrons. The number of hydrogen-bond acceptors (Lipinski definition) is 3. The van der Waals surface area contributed by atoms with E-state index >= 15 is 0 Å². The summed E-state index contributed by atoms with van der Waals surface area (Å²) >= 11 is 5.05. The predicted octanol–water partition coefficient (Wildman–Crippen LogP) is 3.89. The van der Waals surface area contributed by atoms with E-state index < -0.39 is 0 Å². The van der Waals surface area contributed by atoms with Crippen molar-refractivity contribution in [2.75, 3.05) is 22.6 Å². The van der Waals surface area contributed by atoms with Crippen LogP contribution >= 0.6 is 27.7 Å². The van der Waals surface area contributed by atoms with Crippen molar-refractivity contribution in [3.8, 4) is 0 Å². The van der Waals surface area contributed by atoms with Crippen LogP contribution in [0.15, 0.2) is 22.7 Å². The Morgan fingerprint density at radius 1 is 1.44 bits per heavy atom. The van der Waals surface area contributed by atoms with Crippen LogP contribution in [-0.2, 0) is 4.79 Å². The summed E-state index contributed by atoms with van der Waals surface area (Å²) in [4.78, 5) is 11.7. The first-order chi connectivity index (χ1) is 8.63. The highest BCUT2D eigenvalue weighted by molar-refractivity contribution is 9.10. The van der Waals surface area contributed by atoms with Crippen LogP contribution in [0.25, 0.3) is 0 Å². The van der Waals surface area contributed by atoms with Gasteiger partial charge in [-0.3, -0.25) is 4.79 Å². The smallest absolute Gasteiger partial charge is 0.234 e. The van der Waals surface area contributed by atoms with Crippen molar-refractivity contribution >= 4 is 45.0 Å². The average molecular weight is 331 g/mol. The fraction of sp³-hybridized carbons (Fsp3) is 0.462. The van der Waals surface area contributed by atoms with Gasteiger partial charge in [-0.25, -0.2) is 0 Å². The maximum absolute atomic E-state index is 11.7. The third-order valence-corrected chi connectivity index (χ3v) is 4.09. The van der Waals surface area contributed by atoms with Crippen LogP contribution in [0.2, 0.25) is 0 Å². The zero-order chi connectivity index (χ0) is 13.4. The summed E-state index contributed by atoms with van der Waals surface area (Å²) < 4.78 is 0.812. The van der Waals surface area contributed by atoms with Crippen LogP contribution in [0.1, 0.15) is 26.2 Å². The number of thioether (sulfide) groups is 1.